The maximum Gasteiger partial charge on any atom is 0.0999 e. The van der Waals surface area contributed by atoms with Crippen LogP contribution in [0.4, 0.5) is 0 Å². The first-order valence-electron chi connectivity index (χ1n) is 10.8. The van der Waals surface area contributed by atoms with Crippen LogP contribution in [-0.2, 0) is 0 Å². The summed E-state index contributed by atoms with van der Waals surface area (Å²) in [4.78, 5) is 4.91. The predicted molar refractivity (Wildman–Crippen MR) is 120 cm³/mol. The second-order valence-corrected chi connectivity index (χ2v) is 7.77. The minimum atomic E-state index is 0.375. The van der Waals surface area contributed by atoms with Gasteiger partial charge in [-0.3, -0.25) is 4.68 Å². The average molecular weight is 407 g/mol. The summed E-state index contributed by atoms with van der Waals surface area (Å²) in [6.45, 7) is 6.37. The molecule has 1 aliphatic heterocycles. The first-order chi connectivity index (χ1) is 14.7. The van der Waals surface area contributed by atoms with E-state index in [0.29, 0.717) is 17.8 Å². The quantitative estimate of drug-likeness (QED) is 0.499. The third-order valence-electron chi connectivity index (χ3n) is 5.80. The number of hydrogen-bond acceptors (Lipinski definition) is 6. The summed E-state index contributed by atoms with van der Waals surface area (Å²) < 4.78 is 3.85. The largest absolute Gasteiger partial charge is 0.386 e. The fourth-order valence-electron chi connectivity index (χ4n) is 3.99. The number of hydrogen-bond donors (Lipinski definition) is 3. The third-order valence-corrected chi connectivity index (χ3v) is 5.80. The molecule has 1 atom stereocenters. The van der Waals surface area contributed by atoms with Crippen molar-refractivity contribution < 1.29 is 0 Å². The Balaban J connectivity index is 1.69. The third kappa shape index (κ3) is 4.14. The molecule has 0 radical (unpaired) electrons. The Morgan fingerprint density at radius 2 is 2.20 bits per heavy atom. The molecule has 0 aromatic carbocycles. The van der Waals surface area contributed by atoms with E-state index >= 15 is 0 Å². The van der Waals surface area contributed by atoms with E-state index in [1.807, 2.05) is 33.9 Å². The summed E-state index contributed by atoms with van der Waals surface area (Å²) in [5.41, 5.74) is 4.16. The fraction of sp³-hybridized carbons (Fsp3) is 0.455. The Hall–Kier alpha value is -3.00. The molecule has 0 amide bonds. The van der Waals surface area contributed by atoms with Crippen LogP contribution in [0.3, 0.4) is 0 Å². The number of rotatable bonds is 8. The normalized spacial score (nSPS) is 17.6. The molecule has 0 aliphatic carbocycles. The average Bonchev–Trinajstić information content (AvgIpc) is 3.45. The molecule has 8 nitrogen and oxygen atoms in total. The van der Waals surface area contributed by atoms with Gasteiger partial charge in [-0.15, -0.1) is 0 Å². The van der Waals surface area contributed by atoms with Crippen molar-refractivity contribution in [2.75, 3.05) is 13.1 Å². The van der Waals surface area contributed by atoms with Crippen molar-refractivity contribution in [3.63, 3.8) is 0 Å². The van der Waals surface area contributed by atoms with Crippen LogP contribution in [0.15, 0.2) is 37.1 Å². The number of nitrogens with zero attached hydrogens (tertiary/aromatic N) is 5. The Labute approximate surface area is 176 Å². The summed E-state index contributed by atoms with van der Waals surface area (Å²) in [6, 6.07) is 2.72. The highest BCUT2D eigenvalue weighted by molar-refractivity contribution is 6.07. The molecule has 158 valence electrons. The van der Waals surface area contributed by atoms with Crippen LogP contribution in [0.1, 0.15) is 51.3 Å². The first kappa shape index (κ1) is 20.3. The van der Waals surface area contributed by atoms with Crippen molar-refractivity contribution in [3.8, 4) is 11.3 Å². The van der Waals surface area contributed by atoms with E-state index in [1.54, 1.807) is 6.20 Å². The lowest BCUT2D eigenvalue weighted by Crippen LogP contribution is -2.41. The van der Waals surface area contributed by atoms with Crippen molar-refractivity contribution >= 4 is 17.3 Å². The molecule has 0 saturated carbocycles. The molecular weight excluding hydrogens is 376 g/mol. The van der Waals surface area contributed by atoms with Crippen molar-refractivity contribution in [2.45, 2.75) is 51.6 Å². The van der Waals surface area contributed by atoms with Crippen LogP contribution in [0.2, 0.25) is 0 Å². The van der Waals surface area contributed by atoms with Crippen LogP contribution in [0, 0.1) is 5.41 Å². The smallest absolute Gasteiger partial charge is 0.0999 e. The SMILES string of the molecule is CCC(CC)n1cc(-c2nc(/C(C=N)=C/NC3CCCNC3)cn3nccc23)cn1. The zero-order valence-corrected chi connectivity index (χ0v) is 17.7. The number of piperidine rings is 1. The summed E-state index contributed by atoms with van der Waals surface area (Å²) in [5, 5.41) is 23.8. The highest BCUT2D eigenvalue weighted by Crippen LogP contribution is 2.26. The van der Waals surface area contributed by atoms with Crippen LogP contribution < -0.4 is 10.6 Å². The van der Waals surface area contributed by atoms with Gasteiger partial charge in [-0.25, -0.2) is 9.50 Å². The molecule has 1 aliphatic rings. The molecule has 0 spiro atoms. The number of allylic oxidation sites excluding steroid dienone is 1. The monoisotopic (exact) mass is 406 g/mol. The van der Waals surface area contributed by atoms with E-state index in [2.05, 4.69) is 40.9 Å². The molecule has 8 heteroatoms. The Kier molecular flexibility index (Phi) is 6.23. The molecular formula is C22H30N8. The summed E-state index contributed by atoms with van der Waals surface area (Å²) in [7, 11) is 0. The fourth-order valence-corrected chi connectivity index (χ4v) is 3.99. The van der Waals surface area contributed by atoms with Gasteiger partial charge in [0.15, 0.2) is 0 Å². The Morgan fingerprint density at radius 1 is 1.33 bits per heavy atom. The van der Waals surface area contributed by atoms with Crippen molar-refractivity contribution in [2.24, 2.45) is 0 Å². The van der Waals surface area contributed by atoms with Gasteiger partial charge >= 0.3 is 0 Å². The maximum absolute atomic E-state index is 7.94. The topological polar surface area (TPSA) is 95.9 Å². The zero-order chi connectivity index (χ0) is 20.9. The molecule has 0 bridgehead atoms. The molecule has 4 rings (SSSR count). The lowest BCUT2D eigenvalue weighted by atomic mass is 10.1. The van der Waals surface area contributed by atoms with Crippen molar-refractivity contribution in [3.05, 3.63) is 42.7 Å². The van der Waals surface area contributed by atoms with Gasteiger partial charge in [-0.1, -0.05) is 13.8 Å². The second-order valence-electron chi connectivity index (χ2n) is 7.77. The predicted octanol–water partition coefficient (Wildman–Crippen LogP) is 3.29. The van der Waals surface area contributed by atoms with Crippen LogP contribution >= 0.6 is 0 Å². The van der Waals surface area contributed by atoms with Crippen molar-refractivity contribution in [1.82, 2.24) is 35.0 Å². The van der Waals surface area contributed by atoms with Crippen LogP contribution in [0.25, 0.3) is 22.3 Å². The van der Waals surface area contributed by atoms with Crippen LogP contribution in [0.5, 0.6) is 0 Å². The highest BCUT2D eigenvalue weighted by Gasteiger charge is 2.16. The summed E-state index contributed by atoms with van der Waals surface area (Å²) >= 11 is 0. The highest BCUT2D eigenvalue weighted by atomic mass is 15.3. The van der Waals surface area contributed by atoms with Gasteiger partial charge in [0.2, 0.25) is 0 Å². The van der Waals surface area contributed by atoms with Gasteiger partial charge < -0.3 is 16.0 Å². The van der Waals surface area contributed by atoms with Gasteiger partial charge in [0.1, 0.15) is 0 Å². The minimum absolute atomic E-state index is 0.375. The van der Waals surface area contributed by atoms with E-state index in [0.717, 1.165) is 61.1 Å². The lowest BCUT2D eigenvalue weighted by molar-refractivity contribution is 0.422. The van der Waals surface area contributed by atoms with Gasteiger partial charge in [0.25, 0.3) is 0 Å². The molecule has 1 unspecified atom stereocenters. The minimum Gasteiger partial charge on any atom is -0.386 e. The zero-order valence-electron chi connectivity index (χ0n) is 17.7. The van der Waals surface area contributed by atoms with Crippen molar-refractivity contribution in [1.29, 1.82) is 5.41 Å². The van der Waals surface area contributed by atoms with Crippen LogP contribution in [-0.4, -0.2) is 49.7 Å². The first-order valence-corrected chi connectivity index (χ1v) is 10.8. The van der Waals surface area contributed by atoms with Gasteiger partial charge in [-0.05, 0) is 38.3 Å². The molecule has 3 aromatic heterocycles. The Morgan fingerprint density at radius 3 is 2.93 bits per heavy atom. The summed E-state index contributed by atoms with van der Waals surface area (Å²) in [6.07, 6.45) is 15.2. The molecule has 3 aromatic rings. The van der Waals surface area contributed by atoms with E-state index < -0.39 is 0 Å². The number of nitrogens with one attached hydrogen (secondary N) is 3. The second kappa shape index (κ2) is 9.21. The molecule has 1 saturated heterocycles. The van der Waals surface area contributed by atoms with Gasteiger partial charge in [-0.2, -0.15) is 10.2 Å². The lowest BCUT2D eigenvalue weighted by Gasteiger charge is -2.23. The van der Waals surface area contributed by atoms with Gasteiger partial charge in [0, 0.05) is 42.3 Å². The number of fused-ring (bicyclic) bond motifs is 1. The van der Waals surface area contributed by atoms with Gasteiger partial charge in [0.05, 0.1) is 41.5 Å². The van der Waals surface area contributed by atoms with E-state index in [1.165, 1.54) is 6.21 Å². The molecule has 30 heavy (non-hydrogen) atoms. The number of aromatic nitrogens is 5. The van der Waals surface area contributed by atoms with E-state index in [4.69, 9.17) is 10.4 Å². The molecule has 3 N–H and O–H groups in total. The van der Waals surface area contributed by atoms with E-state index in [-0.39, 0.29) is 0 Å². The van der Waals surface area contributed by atoms with E-state index in [9.17, 15) is 0 Å². The maximum atomic E-state index is 7.94. The molecule has 1 fully saturated rings. The Bertz CT molecular complexity index is 1020. The molecule has 4 heterocycles. The standard InChI is InChI=1S/C22H30N8/c1-3-19(4-2)29-14-17(12-27-29)22-21-7-9-26-30(21)15-20(28-22)16(10-23)11-25-18-6-5-8-24-13-18/h7,9-12,14-15,18-19,23-25H,3-6,8,13H2,1-2H3/b16-11+,23-10?. The summed E-state index contributed by atoms with van der Waals surface area (Å²) in [5.74, 6) is 0.